The van der Waals surface area contributed by atoms with Crippen LogP contribution >= 0.6 is 15.9 Å². The zero-order chi connectivity index (χ0) is 21.9. The zero-order valence-electron chi connectivity index (χ0n) is 15.8. The number of anilines is 1. The van der Waals surface area contributed by atoms with Crippen molar-refractivity contribution in [1.82, 2.24) is 0 Å². The highest BCUT2D eigenvalue weighted by molar-refractivity contribution is 9.10. The van der Waals surface area contributed by atoms with Gasteiger partial charge in [0.1, 0.15) is 0 Å². The van der Waals surface area contributed by atoms with Crippen LogP contribution in [0.2, 0.25) is 0 Å². The number of carbonyl (C=O) groups is 2. The maximum Gasteiger partial charge on any atom is 0.418 e. The first-order valence-electron chi connectivity index (χ1n) is 9.04. The Bertz CT molecular complexity index is 1080. The smallest absolute Gasteiger partial charge is 0.325 e. The predicted molar refractivity (Wildman–Crippen MR) is 113 cm³/mol. The van der Waals surface area contributed by atoms with Gasteiger partial charge in [0.2, 0.25) is 5.91 Å². The van der Waals surface area contributed by atoms with Crippen LogP contribution in [0.15, 0.2) is 77.3 Å². The van der Waals surface area contributed by atoms with Gasteiger partial charge in [-0.2, -0.15) is 13.2 Å². The van der Waals surface area contributed by atoms with Crippen molar-refractivity contribution in [3.63, 3.8) is 0 Å². The minimum atomic E-state index is -4.61. The van der Waals surface area contributed by atoms with Crippen LogP contribution in [0.3, 0.4) is 0 Å². The van der Waals surface area contributed by atoms with Gasteiger partial charge in [0.05, 0.1) is 17.2 Å². The normalized spacial score (nSPS) is 12.3. The van der Waals surface area contributed by atoms with E-state index in [2.05, 4.69) is 21.2 Å². The highest BCUT2D eigenvalue weighted by Crippen LogP contribution is 2.37. The fourth-order valence-electron chi connectivity index (χ4n) is 2.96. The molecule has 3 aromatic rings. The van der Waals surface area contributed by atoms with Crippen molar-refractivity contribution in [2.45, 2.75) is 19.0 Å². The zero-order valence-corrected chi connectivity index (χ0v) is 17.4. The van der Waals surface area contributed by atoms with Gasteiger partial charge >= 0.3 is 6.18 Å². The van der Waals surface area contributed by atoms with E-state index in [1.54, 1.807) is 61.5 Å². The van der Waals surface area contributed by atoms with E-state index in [-0.39, 0.29) is 15.9 Å². The molecule has 0 fully saturated rings. The minimum Gasteiger partial charge on any atom is -0.325 e. The molecule has 0 unspecified atom stereocenters. The highest BCUT2D eigenvalue weighted by Gasteiger charge is 2.34. The molecular weight excluding hydrogens is 459 g/mol. The summed E-state index contributed by atoms with van der Waals surface area (Å²) in [5.74, 6) is -1.57. The first kappa shape index (κ1) is 21.8. The number of nitrogens with one attached hydrogen (secondary N) is 1. The van der Waals surface area contributed by atoms with E-state index < -0.39 is 23.6 Å². The molecule has 0 aliphatic rings. The van der Waals surface area contributed by atoms with Gasteiger partial charge in [-0.15, -0.1) is 0 Å². The summed E-state index contributed by atoms with van der Waals surface area (Å²) in [6.07, 6.45) is -4.61. The monoisotopic (exact) mass is 475 g/mol. The van der Waals surface area contributed by atoms with Gasteiger partial charge in [-0.05, 0) is 36.8 Å². The van der Waals surface area contributed by atoms with Crippen molar-refractivity contribution in [1.29, 1.82) is 0 Å². The molecule has 0 radical (unpaired) electrons. The summed E-state index contributed by atoms with van der Waals surface area (Å²) < 4.78 is 40.1. The van der Waals surface area contributed by atoms with Gasteiger partial charge < -0.3 is 5.32 Å². The summed E-state index contributed by atoms with van der Waals surface area (Å²) in [7, 11) is 0. The van der Waals surface area contributed by atoms with Crippen LogP contribution in [-0.2, 0) is 11.0 Å². The molecule has 3 nitrogen and oxygen atoms in total. The third-order valence-corrected chi connectivity index (χ3v) is 5.12. The van der Waals surface area contributed by atoms with E-state index in [1.807, 2.05) is 0 Å². The average molecular weight is 476 g/mol. The Morgan fingerprint density at radius 3 is 2.23 bits per heavy atom. The molecule has 0 heterocycles. The topological polar surface area (TPSA) is 46.2 Å². The van der Waals surface area contributed by atoms with Crippen LogP contribution < -0.4 is 5.32 Å². The molecule has 0 saturated heterocycles. The lowest BCUT2D eigenvalue weighted by Crippen LogP contribution is -2.21. The molecule has 0 spiro atoms. The van der Waals surface area contributed by atoms with E-state index in [4.69, 9.17) is 0 Å². The Kier molecular flexibility index (Phi) is 6.41. The fourth-order valence-corrected chi connectivity index (χ4v) is 3.32. The van der Waals surface area contributed by atoms with Crippen LogP contribution in [0.4, 0.5) is 18.9 Å². The number of amides is 1. The molecule has 154 valence electrons. The molecule has 3 rings (SSSR count). The second-order valence-corrected chi connectivity index (χ2v) is 7.63. The number of alkyl halides is 3. The van der Waals surface area contributed by atoms with Crippen molar-refractivity contribution in [3.05, 3.63) is 99.5 Å². The van der Waals surface area contributed by atoms with Crippen LogP contribution in [0, 0.1) is 0 Å². The molecule has 1 N–H and O–H groups in total. The summed E-state index contributed by atoms with van der Waals surface area (Å²) in [6.45, 7) is 1.58. The summed E-state index contributed by atoms with van der Waals surface area (Å²) in [5.41, 5.74) is 0.179. The molecule has 3 aromatic carbocycles. The predicted octanol–water partition coefficient (Wildman–Crippen LogP) is 6.44. The number of hydrogen-bond acceptors (Lipinski definition) is 2. The molecule has 7 heteroatoms. The third kappa shape index (κ3) is 4.97. The summed E-state index contributed by atoms with van der Waals surface area (Å²) in [6, 6.07) is 18.8. The van der Waals surface area contributed by atoms with Gasteiger partial charge in [0.25, 0.3) is 0 Å². The standard InChI is InChI=1S/C23H17BrF3NO2/c1-14(22(30)28-20-11-10-18(24)13-19(20)23(25,26)27)16-8-5-9-17(12-16)21(29)15-6-3-2-4-7-15/h2-14H,1H3,(H,28,30)/t14-/m0/s1. The molecule has 0 aliphatic carbocycles. The number of hydrogen-bond donors (Lipinski definition) is 1. The lowest BCUT2D eigenvalue weighted by molar-refractivity contribution is -0.137. The molecule has 0 bridgehead atoms. The maximum absolute atomic E-state index is 13.3. The van der Waals surface area contributed by atoms with E-state index in [0.29, 0.717) is 16.7 Å². The summed E-state index contributed by atoms with van der Waals surface area (Å²) in [5, 5.41) is 2.36. The maximum atomic E-state index is 13.3. The molecule has 1 amide bonds. The van der Waals surface area contributed by atoms with Crippen LogP contribution in [-0.4, -0.2) is 11.7 Å². The number of halogens is 4. The molecular formula is C23H17BrF3NO2. The lowest BCUT2D eigenvalue weighted by Gasteiger charge is -2.17. The van der Waals surface area contributed by atoms with Crippen molar-refractivity contribution in [3.8, 4) is 0 Å². The van der Waals surface area contributed by atoms with Gasteiger partial charge in [-0.3, -0.25) is 9.59 Å². The molecule has 1 atom stereocenters. The Hall–Kier alpha value is -2.93. The van der Waals surface area contributed by atoms with Crippen LogP contribution in [0.5, 0.6) is 0 Å². The van der Waals surface area contributed by atoms with Gasteiger partial charge in [-0.1, -0.05) is 64.5 Å². The minimum absolute atomic E-state index is 0.197. The molecule has 0 aromatic heterocycles. The van der Waals surface area contributed by atoms with E-state index in [0.717, 1.165) is 6.07 Å². The molecule has 0 saturated carbocycles. The SMILES string of the molecule is C[C@H](C(=O)Nc1ccc(Br)cc1C(F)(F)F)c1cccc(C(=O)c2ccccc2)c1. The van der Waals surface area contributed by atoms with E-state index in [9.17, 15) is 22.8 Å². The Morgan fingerprint density at radius 1 is 0.900 bits per heavy atom. The van der Waals surface area contributed by atoms with E-state index >= 15 is 0 Å². The molecule has 30 heavy (non-hydrogen) atoms. The first-order valence-corrected chi connectivity index (χ1v) is 9.83. The Balaban J connectivity index is 1.83. The quantitative estimate of drug-likeness (QED) is 0.431. The second kappa shape index (κ2) is 8.83. The van der Waals surface area contributed by atoms with Gasteiger partial charge in [-0.25, -0.2) is 0 Å². The van der Waals surface area contributed by atoms with Crippen molar-refractivity contribution >= 4 is 33.3 Å². The average Bonchev–Trinajstić information content (AvgIpc) is 2.73. The summed E-state index contributed by atoms with van der Waals surface area (Å²) in [4.78, 5) is 25.3. The van der Waals surface area contributed by atoms with Crippen LogP contribution in [0.25, 0.3) is 0 Å². The highest BCUT2D eigenvalue weighted by atomic mass is 79.9. The number of rotatable bonds is 5. The second-order valence-electron chi connectivity index (χ2n) is 6.72. The number of ketones is 1. The number of benzene rings is 3. The molecule has 0 aliphatic heterocycles. The summed E-state index contributed by atoms with van der Waals surface area (Å²) >= 11 is 3.02. The Labute approximate surface area is 180 Å². The van der Waals surface area contributed by atoms with E-state index in [1.165, 1.54) is 12.1 Å². The van der Waals surface area contributed by atoms with Crippen molar-refractivity contribution in [2.24, 2.45) is 0 Å². The lowest BCUT2D eigenvalue weighted by atomic mass is 9.95. The van der Waals surface area contributed by atoms with Crippen molar-refractivity contribution < 1.29 is 22.8 Å². The Morgan fingerprint density at radius 2 is 1.57 bits per heavy atom. The number of carbonyl (C=O) groups excluding carboxylic acids is 2. The van der Waals surface area contributed by atoms with Gasteiger partial charge in [0, 0.05) is 15.6 Å². The van der Waals surface area contributed by atoms with Crippen LogP contribution in [0.1, 0.15) is 39.9 Å². The third-order valence-electron chi connectivity index (χ3n) is 4.62. The van der Waals surface area contributed by atoms with Crippen molar-refractivity contribution in [2.75, 3.05) is 5.32 Å². The first-order chi connectivity index (χ1) is 14.2. The largest absolute Gasteiger partial charge is 0.418 e. The fraction of sp³-hybridized carbons (Fsp3) is 0.130. The van der Waals surface area contributed by atoms with Gasteiger partial charge in [0.15, 0.2) is 5.78 Å².